The summed E-state index contributed by atoms with van der Waals surface area (Å²) >= 11 is 11.9. The highest BCUT2D eigenvalue weighted by Gasteiger charge is 2.32. The Balaban J connectivity index is 2.31. The van der Waals surface area contributed by atoms with Crippen LogP contribution in [0.15, 0.2) is 12.1 Å². The van der Waals surface area contributed by atoms with Crippen LogP contribution in [0.25, 0.3) is 0 Å². The number of rotatable bonds is 4. The lowest BCUT2D eigenvalue weighted by Gasteiger charge is -2.24. The molecule has 0 radical (unpaired) electrons. The van der Waals surface area contributed by atoms with E-state index < -0.39 is 5.97 Å². The first-order chi connectivity index (χ1) is 9.93. The lowest BCUT2D eigenvalue weighted by atomic mass is 10.1. The van der Waals surface area contributed by atoms with Crippen LogP contribution in [0.1, 0.15) is 29.6 Å². The molecule has 1 aliphatic rings. The van der Waals surface area contributed by atoms with Crippen molar-refractivity contribution in [2.45, 2.75) is 25.3 Å². The molecule has 21 heavy (non-hydrogen) atoms. The molecule has 0 bridgehead atoms. The van der Waals surface area contributed by atoms with Crippen molar-refractivity contribution in [2.24, 2.45) is 0 Å². The highest BCUT2D eigenvalue weighted by atomic mass is 35.5. The average molecular weight is 332 g/mol. The van der Waals surface area contributed by atoms with Crippen LogP contribution in [0.3, 0.4) is 0 Å². The Bertz CT molecular complexity index is 576. The third kappa shape index (κ3) is 3.41. The second-order valence-electron chi connectivity index (χ2n) is 4.86. The molecule has 1 heterocycles. The Hall–Kier alpha value is -1.46. The molecule has 1 fully saturated rings. The van der Waals surface area contributed by atoms with Gasteiger partial charge in [-0.2, -0.15) is 0 Å². The second-order valence-corrected chi connectivity index (χ2v) is 5.67. The molecule has 0 spiro atoms. The van der Waals surface area contributed by atoms with E-state index in [2.05, 4.69) is 0 Å². The van der Waals surface area contributed by atoms with Crippen LogP contribution in [0.5, 0.6) is 5.75 Å². The van der Waals surface area contributed by atoms with E-state index >= 15 is 0 Å². The number of benzene rings is 1. The summed E-state index contributed by atoms with van der Waals surface area (Å²) in [6.07, 6.45) is 1.41. The van der Waals surface area contributed by atoms with Crippen molar-refractivity contribution in [2.75, 3.05) is 13.7 Å². The Morgan fingerprint density at radius 2 is 2.05 bits per heavy atom. The summed E-state index contributed by atoms with van der Waals surface area (Å²) in [5.74, 6) is -0.870. The molecular weight excluding hydrogens is 317 g/mol. The minimum Gasteiger partial charge on any atom is -0.496 e. The third-order valence-electron chi connectivity index (χ3n) is 3.52. The molecule has 1 atom stereocenters. The van der Waals surface area contributed by atoms with Crippen molar-refractivity contribution in [3.05, 3.63) is 27.7 Å². The average Bonchev–Trinajstić information content (AvgIpc) is 2.87. The standard InChI is InChI=1S/C14H15Cl2NO4/c1-21-12-7-11(16)10(15)6-9(12)14(20)17-4-2-3-8(17)5-13(18)19/h6-8H,2-5H2,1H3,(H,18,19). The minimum absolute atomic E-state index is 0.0601. The summed E-state index contributed by atoms with van der Waals surface area (Å²) in [7, 11) is 1.44. The first kappa shape index (κ1) is 15.9. The van der Waals surface area contributed by atoms with Crippen LogP contribution in [0.4, 0.5) is 0 Å². The fourth-order valence-electron chi connectivity index (χ4n) is 2.54. The van der Waals surface area contributed by atoms with Gasteiger partial charge in [0.15, 0.2) is 0 Å². The predicted molar refractivity (Wildman–Crippen MR) is 79.3 cm³/mol. The number of aliphatic carboxylic acids is 1. The number of halogens is 2. The van der Waals surface area contributed by atoms with Gasteiger partial charge in [0.25, 0.3) is 5.91 Å². The highest BCUT2D eigenvalue weighted by Crippen LogP contribution is 2.33. The normalized spacial score (nSPS) is 17.9. The summed E-state index contributed by atoms with van der Waals surface area (Å²) in [5, 5.41) is 9.48. The zero-order chi connectivity index (χ0) is 15.6. The van der Waals surface area contributed by atoms with Crippen molar-refractivity contribution in [3.63, 3.8) is 0 Å². The van der Waals surface area contributed by atoms with E-state index in [-0.39, 0.29) is 23.4 Å². The maximum atomic E-state index is 12.6. The van der Waals surface area contributed by atoms with Gasteiger partial charge in [-0.25, -0.2) is 0 Å². The summed E-state index contributed by atoms with van der Waals surface area (Å²) in [5.41, 5.74) is 0.296. The van der Waals surface area contributed by atoms with Gasteiger partial charge in [0.05, 0.1) is 29.1 Å². The van der Waals surface area contributed by atoms with E-state index in [1.165, 1.54) is 19.2 Å². The number of likely N-dealkylation sites (tertiary alicyclic amines) is 1. The molecule has 1 N–H and O–H groups in total. The smallest absolute Gasteiger partial charge is 0.305 e. The van der Waals surface area contributed by atoms with Crippen molar-refractivity contribution in [1.29, 1.82) is 0 Å². The molecule has 0 aromatic heterocycles. The van der Waals surface area contributed by atoms with E-state index in [0.717, 1.165) is 6.42 Å². The van der Waals surface area contributed by atoms with Crippen molar-refractivity contribution in [3.8, 4) is 5.75 Å². The number of amides is 1. The maximum Gasteiger partial charge on any atom is 0.305 e. The molecule has 1 amide bonds. The third-order valence-corrected chi connectivity index (χ3v) is 4.24. The van der Waals surface area contributed by atoms with E-state index in [1.807, 2.05) is 0 Å². The molecule has 5 nitrogen and oxygen atoms in total. The number of carboxylic acid groups (broad SMARTS) is 1. The van der Waals surface area contributed by atoms with Gasteiger partial charge < -0.3 is 14.7 Å². The van der Waals surface area contributed by atoms with E-state index in [1.54, 1.807) is 4.90 Å². The molecule has 1 aromatic carbocycles. The molecule has 0 aliphatic carbocycles. The van der Waals surface area contributed by atoms with Crippen LogP contribution in [-0.4, -0.2) is 41.6 Å². The Labute approximate surface area is 132 Å². The van der Waals surface area contributed by atoms with Gasteiger partial charge in [0.1, 0.15) is 5.75 Å². The van der Waals surface area contributed by atoms with Gasteiger partial charge in [-0.3, -0.25) is 9.59 Å². The Morgan fingerprint density at radius 3 is 2.67 bits per heavy atom. The van der Waals surface area contributed by atoms with E-state index in [4.69, 9.17) is 33.0 Å². The predicted octanol–water partition coefficient (Wildman–Crippen LogP) is 3.08. The summed E-state index contributed by atoms with van der Waals surface area (Å²) < 4.78 is 5.17. The van der Waals surface area contributed by atoms with Gasteiger partial charge in [-0.1, -0.05) is 23.2 Å². The monoisotopic (exact) mass is 331 g/mol. The fourth-order valence-corrected chi connectivity index (χ4v) is 2.85. The van der Waals surface area contributed by atoms with Crippen molar-refractivity contribution < 1.29 is 19.4 Å². The van der Waals surface area contributed by atoms with E-state index in [9.17, 15) is 9.59 Å². The number of hydrogen-bond donors (Lipinski definition) is 1. The number of ether oxygens (including phenoxy) is 1. The first-order valence-electron chi connectivity index (χ1n) is 6.49. The first-order valence-corrected chi connectivity index (χ1v) is 7.25. The SMILES string of the molecule is COc1cc(Cl)c(Cl)cc1C(=O)N1CCCC1CC(=O)O. The molecule has 1 aliphatic heterocycles. The van der Waals surface area contributed by atoms with Gasteiger partial charge in [0, 0.05) is 18.7 Å². The summed E-state index contributed by atoms with van der Waals surface area (Å²) in [6.45, 7) is 0.528. The van der Waals surface area contributed by atoms with Crippen LogP contribution in [0.2, 0.25) is 10.0 Å². The topological polar surface area (TPSA) is 66.8 Å². The van der Waals surface area contributed by atoms with Crippen LogP contribution in [-0.2, 0) is 4.79 Å². The lowest BCUT2D eigenvalue weighted by Crippen LogP contribution is -2.37. The zero-order valence-corrected chi connectivity index (χ0v) is 12.9. The number of carbonyl (C=O) groups excluding carboxylic acids is 1. The number of hydrogen-bond acceptors (Lipinski definition) is 3. The summed E-state index contributed by atoms with van der Waals surface area (Å²) in [6, 6.07) is 2.65. The maximum absolute atomic E-state index is 12.6. The van der Waals surface area contributed by atoms with Gasteiger partial charge in [-0.15, -0.1) is 0 Å². The second kappa shape index (κ2) is 6.54. The van der Waals surface area contributed by atoms with Crippen LogP contribution in [0, 0.1) is 0 Å². The quantitative estimate of drug-likeness (QED) is 0.920. The van der Waals surface area contributed by atoms with Gasteiger partial charge >= 0.3 is 5.97 Å². The molecule has 0 saturated carbocycles. The van der Waals surface area contributed by atoms with Crippen molar-refractivity contribution >= 4 is 35.1 Å². The summed E-state index contributed by atoms with van der Waals surface area (Å²) in [4.78, 5) is 25.1. The van der Waals surface area contributed by atoms with Gasteiger partial charge in [0.2, 0.25) is 0 Å². The van der Waals surface area contributed by atoms with Crippen LogP contribution < -0.4 is 4.74 Å². The van der Waals surface area contributed by atoms with Crippen molar-refractivity contribution in [1.82, 2.24) is 4.90 Å². The largest absolute Gasteiger partial charge is 0.496 e. The molecule has 114 valence electrons. The molecule has 2 rings (SSSR count). The Morgan fingerprint density at radius 1 is 1.38 bits per heavy atom. The minimum atomic E-state index is -0.916. The fraction of sp³-hybridized carbons (Fsp3) is 0.429. The number of carbonyl (C=O) groups is 2. The molecular formula is C14H15Cl2NO4. The Kier molecular flexibility index (Phi) is 4.96. The zero-order valence-electron chi connectivity index (χ0n) is 11.4. The van der Waals surface area contributed by atoms with E-state index in [0.29, 0.717) is 29.3 Å². The molecule has 1 saturated heterocycles. The molecule has 7 heteroatoms. The number of nitrogens with zero attached hydrogens (tertiary/aromatic N) is 1. The highest BCUT2D eigenvalue weighted by molar-refractivity contribution is 6.42. The number of carboxylic acids is 1. The number of methoxy groups -OCH3 is 1. The van der Waals surface area contributed by atoms with Gasteiger partial charge in [-0.05, 0) is 18.9 Å². The molecule has 1 aromatic rings. The lowest BCUT2D eigenvalue weighted by molar-refractivity contribution is -0.137. The van der Waals surface area contributed by atoms with Crippen LogP contribution >= 0.6 is 23.2 Å². The molecule has 1 unspecified atom stereocenters.